The highest BCUT2D eigenvalue weighted by Crippen LogP contribution is 2.11. The van der Waals surface area contributed by atoms with Gasteiger partial charge in [0.1, 0.15) is 12.2 Å². The van der Waals surface area contributed by atoms with Crippen LogP contribution in [0.5, 0.6) is 0 Å². The van der Waals surface area contributed by atoms with Gasteiger partial charge in [-0.25, -0.2) is 4.68 Å². The van der Waals surface area contributed by atoms with Crippen molar-refractivity contribution in [1.82, 2.24) is 20.3 Å². The second-order valence-electron chi connectivity index (χ2n) is 4.46. The summed E-state index contributed by atoms with van der Waals surface area (Å²) < 4.78 is 1.23. The van der Waals surface area contributed by atoms with Crippen LogP contribution in [0.25, 0.3) is 0 Å². The molecule has 19 heavy (non-hydrogen) atoms. The van der Waals surface area contributed by atoms with Crippen LogP contribution in [-0.4, -0.2) is 32.0 Å². The maximum atomic E-state index is 11.7. The van der Waals surface area contributed by atoms with E-state index in [1.54, 1.807) is 0 Å². The topological polar surface area (TPSA) is 97.1 Å². The third kappa shape index (κ3) is 5.50. The molecule has 1 amide bonds. The van der Waals surface area contributed by atoms with Gasteiger partial charge in [-0.3, -0.25) is 9.59 Å². The summed E-state index contributed by atoms with van der Waals surface area (Å²) >= 11 is 0. The van der Waals surface area contributed by atoms with E-state index in [1.807, 2.05) is 0 Å². The summed E-state index contributed by atoms with van der Waals surface area (Å²) in [6.45, 7) is 4.19. The van der Waals surface area contributed by atoms with Crippen molar-refractivity contribution in [2.75, 3.05) is 0 Å². The molecule has 1 aromatic rings. The first-order chi connectivity index (χ1) is 9.05. The Morgan fingerprint density at radius 1 is 1.42 bits per heavy atom. The highest BCUT2D eigenvalue weighted by atomic mass is 16.4. The van der Waals surface area contributed by atoms with Gasteiger partial charge in [-0.2, -0.15) is 0 Å². The molecule has 0 aliphatic heterocycles. The molecule has 0 radical (unpaired) electrons. The maximum Gasteiger partial charge on any atom is 0.325 e. The zero-order valence-corrected chi connectivity index (χ0v) is 11.3. The lowest BCUT2D eigenvalue weighted by molar-refractivity contribution is -0.138. The molecule has 0 spiro atoms. The smallest absolute Gasteiger partial charge is 0.325 e. The molecule has 7 heteroatoms. The minimum atomic E-state index is -0.978. The first-order valence-corrected chi connectivity index (χ1v) is 6.42. The van der Waals surface area contributed by atoms with E-state index in [2.05, 4.69) is 29.5 Å². The Morgan fingerprint density at radius 2 is 2.11 bits per heavy atom. The molecular formula is C12H20N4O3. The fraction of sp³-hybridized carbons (Fsp3) is 0.667. The van der Waals surface area contributed by atoms with E-state index in [0.717, 1.165) is 12.8 Å². The molecular weight excluding hydrogens is 248 g/mol. The van der Waals surface area contributed by atoms with E-state index in [9.17, 15) is 9.59 Å². The van der Waals surface area contributed by atoms with Crippen molar-refractivity contribution < 1.29 is 14.7 Å². The number of rotatable bonds is 8. The summed E-state index contributed by atoms with van der Waals surface area (Å²) in [5.74, 6) is -0.585. The zero-order chi connectivity index (χ0) is 14.3. The molecule has 2 N–H and O–H groups in total. The fourth-order valence-electron chi connectivity index (χ4n) is 1.74. The van der Waals surface area contributed by atoms with Crippen LogP contribution < -0.4 is 5.32 Å². The summed E-state index contributed by atoms with van der Waals surface area (Å²) in [7, 11) is 0. The second kappa shape index (κ2) is 7.50. The van der Waals surface area contributed by atoms with Crippen molar-refractivity contribution in [1.29, 1.82) is 0 Å². The van der Waals surface area contributed by atoms with Crippen molar-refractivity contribution in [3.63, 3.8) is 0 Å². The zero-order valence-electron chi connectivity index (χ0n) is 11.3. The van der Waals surface area contributed by atoms with E-state index >= 15 is 0 Å². The molecule has 0 saturated carbocycles. The van der Waals surface area contributed by atoms with E-state index < -0.39 is 5.97 Å². The minimum absolute atomic E-state index is 0.0125. The number of carbonyl (C=O) groups excluding carboxylic acids is 1. The van der Waals surface area contributed by atoms with Crippen LogP contribution >= 0.6 is 0 Å². The number of nitrogens with zero attached hydrogens (tertiary/aromatic N) is 3. The summed E-state index contributed by atoms with van der Waals surface area (Å²) in [5.41, 5.74) is 0.555. The van der Waals surface area contributed by atoms with Gasteiger partial charge < -0.3 is 10.4 Å². The van der Waals surface area contributed by atoms with Crippen LogP contribution in [0.3, 0.4) is 0 Å². The molecule has 1 rings (SSSR count). The Morgan fingerprint density at radius 3 is 2.68 bits per heavy atom. The molecule has 0 bridgehead atoms. The van der Waals surface area contributed by atoms with Gasteiger partial charge in [-0.15, -0.1) is 5.10 Å². The maximum absolute atomic E-state index is 11.7. The van der Waals surface area contributed by atoms with Crippen LogP contribution in [-0.2, 0) is 22.7 Å². The number of carboxylic acids is 1. The monoisotopic (exact) mass is 268 g/mol. The Kier molecular flexibility index (Phi) is 5.98. The number of amides is 1. The summed E-state index contributed by atoms with van der Waals surface area (Å²) in [5, 5.41) is 18.8. The molecule has 0 saturated heterocycles. The van der Waals surface area contributed by atoms with Crippen LogP contribution in [0.1, 0.15) is 38.8 Å². The normalized spacial score (nSPS) is 10.7. The lowest BCUT2D eigenvalue weighted by atomic mass is 9.99. The molecule has 1 aromatic heterocycles. The molecule has 0 atom stereocenters. The van der Waals surface area contributed by atoms with Crippen molar-refractivity contribution >= 4 is 11.9 Å². The number of hydrogen-bond donors (Lipinski definition) is 2. The van der Waals surface area contributed by atoms with Crippen molar-refractivity contribution in [2.45, 2.75) is 46.2 Å². The average molecular weight is 268 g/mol. The second-order valence-corrected chi connectivity index (χ2v) is 4.46. The molecule has 0 unspecified atom stereocenters. The van der Waals surface area contributed by atoms with Crippen molar-refractivity contribution in [3.8, 4) is 0 Å². The fourth-order valence-corrected chi connectivity index (χ4v) is 1.74. The summed E-state index contributed by atoms with van der Waals surface area (Å²) in [6.07, 6.45) is 4.00. The standard InChI is InChI=1S/C12H20N4O3/c1-3-9(4-2)5-11(17)13-6-10-7-16(15-14-10)8-12(18)19/h7,9H,3-6,8H2,1-2H3,(H,13,17)(H,18,19). The van der Waals surface area contributed by atoms with Gasteiger partial charge in [-0.05, 0) is 5.92 Å². The van der Waals surface area contributed by atoms with Gasteiger partial charge in [0, 0.05) is 6.42 Å². The Balaban J connectivity index is 2.37. The molecule has 0 aliphatic carbocycles. The number of carbonyl (C=O) groups is 2. The van der Waals surface area contributed by atoms with E-state index in [-0.39, 0.29) is 19.0 Å². The Labute approximate surface area is 112 Å². The highest BCUT2D eigenvalue weighted by molar-refractivity contribution is 5.76. The molecule has 0 fully saturated rings. The molecule has 106 valence electrons. The van der Waals surface area contributed by atoms with Gasteiger partial charge in [0.05, 0.1) is 12.7 Å². The van der Waals surface area contributed by atoms with E-state index in [1.165, 1.54) is 10.9 Å². The van der Waals surface area contributed by atoms with Gasteiger partial charge >= 0.3 is 5.97 Å². The van der Waals surface area contributed by atoms with E-state index in [0.29, 0.717) is 18.0 Å². The van der Waals surface area contributed by atoms with Crippen LogP contribution in [0.4, 0.5) is 0 Å². The Bertz CT molecular complexity index is 426. The number of aliphatic carboxylic acids is 1. The largest absolute Gasteiger partial charge is 0.480 e. The summed E-state index contributed by atoms with van der Waals surface area (Å²) in [4.78, 5) is 22.1. The number of hydrogen-bond acceptors (Lipinski definition) is 4. The predicted octanol–water partition coefficient (Wildman–Crippen LogP) is 0.805. The van der Waals surface area contributed by atoms with Crippen LogP contribution in [0.15, 0.2) is 6.20 Å². The number of carboxylic acid groups (broad SMARTS) is 1. The molecule has 7 nitrogen and oxygen atoms in total. The molecule has 0 aromatic carbocycles. The SMILES string of the molecule is CCC(CC)CC(=O)NCc1cn(CC(=O)O)nn1. The first-order valence-electron chi connectivity index (χ1n) is 6.42. The van der Waals surface area contributed by atoms with Gasteiger partial charge in [0.2, 0.25) is 5.91 Å². The third-order valence-corrected chi connectivity index (χ3v) is 2.98. The van der Waals surface area contributed by atoms with Crippen molar-refractivity contribution in [3.05, 3.63) is 11.9 Å². The van der Waals surface area contributed by atoms with Gasteiger partial charge in [0.15, 0.2) is 0 Å². The van der Waals surface area contributed by atoms with E-state index in [4.69, 9.17) is 5.11 Å². The lowest BCUT2D eigenvalue weighted by Crippen LogP contribution is -2.25. The predicted molar refractivity (Wildman–Crippen MR) is 68.2 cm³/mol. The molecule has 0 aliphatic rings. The van der Waals surface area contributed by atoms with Crippen LogP contribution in [0, 0.1) is 5.92 Å². The first kappa shape index (κ1) is 15.1. The minimum Gasteiger partial charge on any atom is -0.480 e. The number of nitrogens with one attached hydrogen (secondary N) is 1. The van der Waals surface area contributed by atoms with Gasteiger partial charge in [-0.1, -0.05) is 31.9 Å². The average Bonchev–Trinajstić information content (AvgIpc) is 2.80. The highest BCUT2D eigenvalue weighted by Gasteiger charge is 2.11. The quantitative estimate of drug-likeness (QED) is 0.727. The third-order valence-electron chi connectivity index (χ3n) is 2.98. The summed E-state index contributed by atoms with van der Waals surface area (Å²) in [6, 6.07) is 0. The molecule has 1 heterocycles. The lowest BCUT2D eigenvalue weighted by Gasteiger charge is -2.11. The van der Waals surface area contributed by atoms with Crippen molar-refractivity contribution in [2.24, 2.45) is 5.92 Å². The number of aromatic nitrogens is 3. The Hall–Kier alpha value is -1.92. The van der Waals surface area contributed by atoms with Crippen LogP contribution in [0.2, 0.25) is 0 Å². The van der Waals surface area contributed by atoms with Gasteiger partial charge in [0.25, 0.3) is 0 Å².